The number of nitrogens with zero attached hydrogens (tertiary/aromatic N) is 1. The summed E-state index contributed by atoms with van der Waals surface area (Å²) < 4.78 is 1.01. The molecule has 0 unspecified atom stereocenters. The Bertz CT molecular complexity index is 522. The monoisotopic (exact) mass is 221 g/mol. The number of benzene rings is 1. The molecule has 3 heteroatoms. The summed E-state index contributed by atoms with van der Waals surface area (Å²) in [5.41, 5.74) is 1.66. The van der Waals surface area contributed by atoms with Crippen molar-refractivity contribution in [3.8, 4) is 6.07 Å². The number of rotatable bonds is 1. The van der Waals surface area contributed by atoms with Crippen LogP contribution < -0.4 is 0 Å². The Balaban J connectivity index is 2.88. The maximum Gasteiger partial charge on any atom is 0.101 e. The van der Waals surface area contributed by atoms with Crippen LogP contribution in [0.1, 0.15) is 18.1 Å². The standard InChI is InChI=1S/C11H8ClNS/c1-2-7-5-8-3-4-14-11(8)10(12)9(7)6-13/h3-5H,2H2,1H3. The number of fused-ring (bicyclic) bond motifs is 1. The Hall–Kier alpha value is -1.04. The second kappa shape index (κ2) is 3.61. The average molecular weight is 222 g/mol. The van der Waals surface area contributed by atoms with Crippen LogP contribution in [-0.4, -0.2) is 0 Å². The van der Waals surface area contributed by atoms with E-state index in [2.05, 4.69) is 12.1 Å². The first-order valence-corrected chi connectivity index (χ1v) is 5.62. The Kier molecular flexibility index (Phi) is 2.45. The largest absolute Gasteiger partial charge is 0.192 e. The number of aryl methyl sites for hydroxylation is 1. The van der Waals surface area contributed by atoms with Gasteiger partial charge >= 0.3 is 0 Å². The fraction of sp³-hybridized carbons (Fsp3) is 0.182. The molecule has 0 fully saturated rings. The van der Waals surface area contributed by atoms with E-state index in [0.717, 1.165) is 22.1 Å². The maximum absolute atomic E-state index is 9.00. The lowest BCUT2D eigenvalue weighted by Crippen LogP contribution is -1.88. The number of hydrogen-bond acceptors (Lipinski definition) is 2. The van der Waals surface area contributed by atoms with E-state index in [9.17, 15) is 0 Å². The summed E-state index contributed by atoms with van der Waals surface area (Å²) in [6.07, 6.45) is 0.842. The van der Waals surface area contributed by atoms with Crippen LogP contribution in [-0.2, 0) is 6.42 Å². The van der Waals surface area contributed by atoms with E-state index < -0.39 is 0 Å². The van der Waals surface area contributed by atoms with E-state index in [0.29, 0.717) is 10.6 Å². The zero-order valence-electron chi connectivity index (χ0n) is 7.67. The molecule has 2 rings (SSSR count). The van der Waals surface area contributed by atoms with Crippen LogP contribution in [0.4, 0.5) is 0 Å². The SMILES string of the molecule is CCc1cc2ccsc2c(Cl)c1C#N. The lowest BCUT2D eigenvalue weighted by Gasteiger charge is -2.03. The van der Waals surface area contributed by atoms with Gasteiger partial charge in [-0.15, -0.1) is 11.3 Å². The van der Waals surface area contributed by atoms with Gasteiger partial charge in [0.1, 0.15) is 6.07 Å². The van der Waals surface area contributed by atoms with Gasteiger partial charge in [-0.3, -0.25) is 0 Å². The van der Waals surface area contributed by atoms with Crippen LogP contribution in [0.15, 0.2) is 17.5 Å². The number of thiophene rings is 1. The number of nitriles is 1. The minimum Gasteiger partial charge on any atom is -0.192 e. The van der Waals surface area contributed by atoms with Crippen LogP contribution in [0.25, 0.3) is 10.1 Å². The first kappa shape index (κ1) is 9.51. The highest BCUT2D eigenvalue weighted by atomic mass is 35.5. The third-order valence-corrected chi connectivity index (χ3v) is 3.70. The van der Waals surface area contributed by atoms with Crippen molar-refractivity contribution in [3.63, 3.8) is 0 Å². The molecule has 1 aromatic carbocycles. The molecular weight excluding hydrogens is 214 g/mol. The maximum atomic E-state index is 9.00. The Morgan fingerprint density at radius 3 is 3.00 bits per heavy atom. The summed E-state index contributed by atoms with van der Waals surface area (Å²) in [5, 5.41) is 12.7. The summed E-state index contributed by atoms with van der Waals surface area (Å²) in [6.45, 7) is 2.03. The molecule has 0 aliphatic carbocycles. The third kappa shape index (κ3) is 1.30. The Morgan fingerprint density at radius 1 is 1.57 bits per heavy atom. The smallest absolute Gasteiger partial charge is 0.101 e. The van der Waals surface area contributed by atoms with Gasteiger partial charge in [0.15, 0.2) is 0 Å². The highest BCUT2D eigenvalue weighted by Crippen LogP contribution is 2.33. The van der Waals surface area contributed by atoms with Gasteiger partial charge in [-0.05, 0) is 34.9 Å². The van der Waals surface area contributed by atoms with Crippen LogP contribution in [0.2, 0.25) is 5.02 Å². The topological polar surface area (TPSA) is 23.8 Å². The number of hydrogen-bond donors (Lipinski definition) is 0. The van der Waals surface area contributed by atoms with Gasteiger partial charge < -0.3 is 0 Å². The van der Waals surface area contributed by atoms with Gasteiger partial charge in [-0.2, -0.15) is 5.26 Å². The molecule has 0 saturated carbocycles. The van der Waals surface area contributed by atoms with Crippen molar-refractivity contribution in [2.45, 2.75) is 13.3 Å². The van der Waals surface area contributed by atoms with E-state index in [-0.39, 0.29) is 0 Å². The third-order valence-electron chi connectivity index (χ3n) is 2.26. The predicted molar refractivity (Wildman–Crippen MR) is 60.9 cm³/mol. The molecule has 2 aromatic rings. The van der Waals surface area contributed by atoms with Gasteiger partial charge in [0.05, 0.1) is 15.3 Å². The molecule has 1 nitrogen and oxygen atoms in total. The van der Waals surface area contributed by atoms with Gasteiger partial charge in [-0.1, -0.05) is 18.5 Å². The molecule has 0 aliphatic rings. The molecule has 0 amide bonds. The highest BCUT2D eigenvalue weighted by molar-refractivity contribution is 7.17. The van der Waals surface area contributed by atoms with Crippen LogP contribution in [0.3, 0.4) is 0 Å². The minimum atomic E-state index is 0.608. The molecule has 0 radical (unpaired) electrons. The van der Waals surface area contributed by atoms with Crippen molar-refractivity contribution in [2.75, 3.05) is 0 Å². The summed E-state index contributed by atoms with van der Waals surface area (Å²) in [5.74, 6) is 0. The quantitative estimate of drug-likeness (QED) is 0.715. The minimum absolute atomic E-state index is 0.608. The molecule has 1 heterocycles. The zero-order valence-corrected chi connectivity index (χ0v) is 9.25. The van der Waals surface area contributed by atoms with Crippen molar-refractivity contribution in [2.24, 2.45) is 0 Å². The molecule has 1 aromatic heterocycles. The lowest BCUT2D eigenvalue weighted by molar-refractivity contribution is 1.13. The van der Waals surface area contributed by atoms with Crippen molar-refractivity contribution >= 4 is 33.0 Å². The normalized spacial score (nSPS) is 10.4. The molecule has 0 saturated heterocycles. The first-order chi connectivity index (χ1) is 6.77. The molecule has 0 atom stereocenters. The van der Waals surface area contributed by atoms with E-state index in [1.807, 2.05) is 18.4 Å². The predicted octanol–water partition coefficient (Wildman–Crippen LogP) is 3.99. The Morgan fingerprint density at radius 2 is 2.36 bits per heavy atom. The molecular formula is C11H8ClNS. The molecule has 0 N–H and O–H groups in total. The van der Waals surface area contributed by atoms with Gasteiger partial charge in [0, 0.05) is 0 Å². The fourth-order valence-corrected chi connectivity index (χ4v) is 2.75. The van der Waals surface area contributed by atoms with Crippen molar-refractivity contribution < 1.29 is 0 Å². The summed E-state index contributed by atoms with van der Waals surface area (Å²) >= 11 is 7.73. The summed E-state index contributed by atoms with van der Waals surface area (Å²) in [7, 11) is 0. The van der Waals surface area contributed by atoms with E-state index in [1.165, 1.54) is 0 Å². The van der Waals surface area contributed by atoms with Gasteiger partial charge in [0.2, 0.25) is 0 Å². The summed E-state index contributed by atoms with van der Waals surface area (Å²) in [4.78, 5) is 0. The average Bonchev–Trinajstić information content (AvgIpc) is 2.65. The van der Waals surface area contributed by atoms with Gasteiger partial charge in [0.25, 0.3) is 0 Å². The van der Waals surface area contributed by atoms with Crippen LogP contribution in [0, 0.1) is 11.3 Å². The van der Waals surface area contributed by atoms with Gasteiger partial charge in [-0.25, -0.2) is 0 Å². The zero-order chi connectivity index (χ0) is 10.1. The highest BCUT2D eigenvalue weighted by Gasteiger charge is 2.10. The second-order valence-corrected chi connectivity index (χ2v) is 4.32. The summed E-state index contributed by atoms with van der Waals surface area (Å²) in [6, 6.07) is 6.26. The molecule has 0 aliphatic heterocycles. The van der Waals surface area contributed by atoms with Crippen molar-refractivity contribution in [1.29, 1.82) is 5.26 Å². The van der Waals surface area contributed by atoms with E-state index >= 15 is 0 Å². The van der Waals surface area contributed by atoms with Crippen LogP contribution >= 0.6 is 22.9 Å². The fourth-order valence-electron chi connectivity index (χ4n) is 1.53. The molecule has 14 heavy (non-hydrogen) atoms. The first-order valence-electron chi connectivity index (χ1n) is 4.36. The Labute approximate surface area is 91.5 Å². The molecule has 0 bridgehead atoms. The van der Waals surface area contributed by atoms with Crippen molar-refractivity contribution in [3.05, 3.63) is 33.7 Å². The number of halogens is 1. The molecule has 0 spiro atoms. The van der Waals surface area contributed by atoms with E-state index in [1.54, 1.807) is 11.3 Å². The second-order valence-electron chi connectivity index (χ2n) is 3.03. The lowest BCUT2D eigenvalue weighted by atomic mass is 10.0. The van der Waals surface area contributed by atoms with Crippen molar-refractivity contribution in [1.82, 2.24) is 0 Å². The van der Waals surface area contributed by atoms with E-state index in [4.69, 9.17) is 16.9 Å². The van der Waals surface area contributed by atoms with Crippen LogP contribution in [0.5, 0.6) is 0 Å². The molecule has 70 valence electrons.